The number of aromatic nitrogens is 1. The van der Waals surface area contributed by atoms with Crippen molar-refractivity contribution in [2.45, 2.75) is 19.8 Å². The predicted molar refractivity (Wildman–Crippen MR) is 91.0 cm³/mol. The molecular formula is C16H18ClNO3S. The van der Waals surface area contributed by atoms with Crippen molar-refractivity contribution in [3.8, 4) is 5.75 Å². The number of Topliss-reactive ketones (excluding diaryl/α,β-unsaturated/α-hetero) is 1. The summed E-state index contributed by atoms with van der Waals surface area (Å²) in [6, 6.07) is 5.24. The molecule has 1 aromatic heterocycles. The molecule has 22 heavy (non-hydrogen) atoms. The van der Waals surface area contributed by atoms with Gasteiger partial charge in [0.1, 0.15) is 5.56 Å². The molecule has 118 valence electrons. The Morgan fingerprint density at radius 2 is 2.23 bits per heavy atom. The van der Waals surface area contributed by atoms with Gasteiger partial charge in [-0.25, -0.2) is 0 Å². The molecule has 0 spiro atoms. The van der Waals surface area contributed by atoms with E-state index in [1.54, 1.807) is 30.0 Å². The van der Waals surface area contributed by atoms with Crippen molar-refractivity contribution >= 4 is 40.0 Å². The Balaban J connectivity index is 2.51. The van der Waals surface area contributed by atoms with E-state index >= 15 is 0 Å². The summed E-state index contributed by atoms with van der Waals surface area (Å²) in [4.78, 5) is 12.1. The lowest BCUT2D eigenvalue weighted by atomic mass is 10.1. The molecule has 0 aliphatic rings. The van der Waals surface area contributed by atoms with Crippen LogP contribution < -0.4 is 9.47 Å². The fourth-order valence-corrected chi connectivity index (χ4v) is 2.77. The number of pyridine rings is 1. The van der Waals surface area contributed by atoms with Gasteiger partial charge in [0, 0.05) is 12.2 Å². The summed E-state index contributed by atoms with van der Waals surface area (Å²) in [7, 11) is 0. The lowest BCUT2D eigenvalue weighted by Crippen LogP contribution is -2.29. The van der Waals surface area contributed by atoms with E-state index < -0.39 is 0 Å². The number of nitrogens with zero attached hydrogens (tertiary/aromatic N) is 1. The number of benzene rings is 1. The largest absolute Gasteiger partial charge is 0.618 e. The quantitative estimate of drug-likeness (QED) is 0.333. The van der Waals surface area contributed by atoms with Gasteiger partial charge >= 0.3 is 0 Å². The van der Waals surface area contributed by atoms with Crippen LogP contribution in [0.3, 0.4) is 0 Å². The summed E-state index contributed by atoms with van der Waals surface area (Å²) in [5.41, 5.74) is 0.633. The van der Waals surface area contributed by atoms with E-state index in [4.69, 9.17) is 16.3 Å². The molecule has 1 heterocycles. The standard InChI is InChI=1S/C16H18ClNO3S/c1-3-5-13(19)12-10-18(20)16-11(15(12)17)6-4-7-14(16)21-8-9-22-2/h4,6-7,10H,3,5,8-9H2,1-2H3. The minimum Gasteiger partial charge on any atom is -0.618 e. The molecule has 0 N–H and O–H groups in total. The van der Waals surface area contributed by atoms with Gasteiger partial charge < -0.3 is 9.94 Å². The van der Waals surface area contributed by atoms with Crippen molar-refractivity contribution in [2.75, 3.05) is 18.6 Å². The number of ketones is 1. The molecule has 0 amide bonds. The second kappa shape index (κ2) is 7.70. The van der Waals surface area contributed by atoms with E-state index in [9.17, 15) is 10.0 Å². The number of hydrogen-bond acceptors (Lipinski definition) is 4. The molecule has 0 unspecified atom stereocenters. The zero-order chi connectivity index (χ0) is 16.1. The molecule has 2 aromatic rings. The average molecular weight is 340 g/mol. The van der Waals surface area contributed by atoms with Gasteiger partial charge in [-0.1, -0.05) is 24.6 Å². The van der Waals surface area contributed by atoms with Crippen molar-refractivity contribution in [1.29, 1.82) is 0 Å². The van der Waals surface area contributed by atoms with Crippen LogP contribution in [0.5, 0.6) is 5.75 Å². The van der Waals surface area contributed by atoms with Crippen LogP contribution in [0.25, 0.3) is 10.9 Å². The fourth-order valence-electron chi connectivity index (χ4n) is 2.22. The van der Waals surface area contributed by atoms with Gasteiger partial charge in [0.25, 0.3) is 5.52 Å². The molecule has 6 heteroatoms. The van der Waals surface area contributed by atoms with E-state index in [1.807, 2.05) is 13.2 Å². The highest BCUT2D eigenvalue weighted by Crippen LogP contribution is 2.31. The number of ether oxygens (including phenoxy) is 1. The molecule has 0 atom stereocenters. The number of fused-ring (bicyclic) bond motifs is 1. The van der Waals surface area contributed by atoms with Crippen LogP contribution in [0.15, 0.2) is 24.4 Å². The molecule has 0 saturated carbocycles. The number of hydrogen-bond donors (Lipinski definition) is 0. The molecule has 0 bridgehead atoms. The van der Waals surface area contributed by atoms with Crippen LogP contribution in [0.2, 0.25) is 5.02 Å². The molecule has 4 nitrogen and oxygen atoms in total. The third-order valence-corrected chi connectivity index (χ3v) is 4.24. The Bertz CT molecular complexity index is 691. The second-order valence-corrected chi connectivity index (χ2v) is 6.21. The van der Waals surface area contributed by atoms with Crippen molar-refractivity contribution in [2.24, 2.45) is 0 Å². The smallest absolute Gasteiger partial charge is 0.267 e. The number of para-hydroxylation sites is 1. The molecular weight excluding hydrogens is 322 g/mol. The molecule has 0 aliphatic carbocycles. The normalized spacial score (nSPS) is 10.9. The number of halogens is 1. The second-order valence-electron chi connectivity index (χ2n) is 4.85. The van der Waals surface area contributed by atoms with E-state index in [0.717, 1.165) is 5.75 Å². The first-order valence-electron chi connectivity index (χ1n) is 7.09. The van der Waals surface area contributed by atoms with E-state index in [1.165, 1.54) is 6.20 Å². The zero-order valence-electron chi connectivity index (χ0n) is 12.6. The van der Waals surface area contributed by atoms with Gasteiger partial charge in [0.2, 0.25) is 0 Å². The highest BCUT2D eigenvalue weighted by atomic mass is 35.5. The first-order chi connectivity index (χ1) is 10.6. The average Bonchev–Trinajstić information content (AvgIpc) is 2.51. The highest BCUT2D eigenvalue weighted by molar-refractivity contribution is 7.98. The zero-order valence-corrected chi connectivity index (χ0v) is 14.2. The minimum atomic E-state index is -0.118. The maximum Gasteiger partial charge on any atom is 0.267 e. The number of carbonyl (C=O) groups excluding carboxylic acids is 1. The Morgan fingerprint density at radius 3 is 2.91 bits per heavy atom. The molecule has 0 radical (unpaired) electrons. The van der Waals surface area contributed by atoms with Crippen molar-refractivity contribution < 1.29 is 14.3 Å². The fraction of sp³-hybridized carbons (Fsp3) is 0.375. The number of carbonyl (C=O) groups is 1. The van der Waals surface area contributed by atoms with E-state index in [-0.39, 0.29) is 11.3 Å². The van der Waals surface area contributed by atoms with Crippen LogP contribution in [0.1, 0.15) is 30.1 Å². The number of thioether (sulfide) groups is 1. The summed E-state index contributed by atoms with van der Waals surface area (Å²) in [6.07, 6.45) is 4.33. The summed E-state index contributed by atoms with van der Waals surface area (Å²) in [5.74, 6) is 1.20. The lowest BCUT2D eigenvalue weighted by molar-refractivity contribution is -0.577. The first-order valence-corrected chi connectivity index (χ1v) is 8.86. The van der Waals surface area contributed by atoms with Gasteiger partial charge in [-0.15, -0.1) is 0 Å². The van der Waals surface area contributed by atoms with Crippen molar-refractivity contribution in [1.82, 2.24) is 0 Å². The van der Waals surface area contributed by atoms with Crippen molar-refractivity contribution in [3.05, 3.63) is 40.2 Å². The maximum absolute atomic E-state index is 12.3. The third kappa shape index (κ3) is 3.47. The first kappa shape index (κ1) is 16.9. The van der Waals surface area contributed by atoms with Crippen LogP contribution in [-0.4, -0.2) is 24.4 Å². The molecule has 0 aliphatic heterocycles. The Kier molecular flexibility index (Phi) is 5.91. The number of rotatable bonds is 7. The van der Waals surface area contributed by atoms with Crippen molar-refractivity contribution in [3.63, 3.8) is 0 Å². The summed E-state index contributed by atoms with van der Waals surface area (Å²) < 4.78 is 6.34. The monoisotopic (exact) mass is 339 g/mol. The Hall–Kier alpha value is -1.46. The van der Waals surface area contributed by atoms with Gasteiger partial charge in [0.05, 0.1) is 17.0 Å². The minimum absolute atomic E-state index is 0.118. The van der Waals surface area contributed by atoms with Gasteiger partial charge in [-0.2, -0.15) is 16.5 Å². The summed E-state index contributed by atoms with van der Waals surface area (Å²) in [5, 5.41) is 13.2. The SMILES string of the molecule is CCCC(=O)c1c[n+]([O-])c2c(OCCSC)cccc2c1Cl. The molecule has 2 rings (SSSR count). The van der Waals surface area contributed by atoms with Gasteiger partial charge in [0.15, 0.2) is 17.7 Å². The Morgan fingerprint density at radius 1 is 1.45 bits per heavy atom. The predicted octanol–water partition coefficient (Wildman–Crippen LogP) is 3.85. The molecule has 0 saturated heterocycles. The molecule has 1 aromatic carbocycles. The molecule has 0 fully saturated rings. The lowest BCUT2D eigenvalue weighted by Gasteiger charge is -2.11. The van der Waals surface area contributed by atoms with Crippen LogP contribution in [0.4, 0.5) is 0 Å². The van der Waals surface area contributed by atoms with Crippen LogP contribution in [-0.2, 0) is 0 Å². The van der Waals surface area contributed by atoms with Crippen LogP contribution >= 0.6 is 23.4 Å². The topological polar surface area (TPSA) is 53.2 Å². The third-order valence-electron chi connectivity index (χ3n) is 3.26. The highest BCUT2D eigenvalue weighted by Gasteiger charge is 2.21. The van der Waals surface area contributed by atoms with Crippen LogP contribution in [0, 0.1) is 5.21 Å². The summed E-state index contributed by atoms with van der Waals surface area (Å²) >= 11 is 8.01. The van der Waals surface area contributed by atoms with E-state index in [2.05, 4.69) is 0 Å². The van der Waals surface area contributed by atoms with Gasteiger partial charge in [-0.05, 0) is 24.8 Å². The van der Waals surface area contributed by atoms with E-state index in [0.29, 0.717) is 45.9 Å². The maximum atomic E-state index is 12.3. The summed E-state index contributed by atoms with van der Waals surface area (Å²) in [6.45, 7) is 2.42. The van der Waals surface area contributed by atoms with Gasteiger partial charge in [-0.3, -0.25) is 4.79 Å². The Labute approximate surface area is 139 Å².